The Morgan fingerprint density at radius 3 is 2.78 bits per heavy atom. The van der Waals surface area contributed by atoms with Gasteiger partial charge in [-0.3, -0.25) is 4.79 Å². The Hall–Kier alpha value is -1.35. The Morgan fingerprint density at radius 2 is 2.17 bits per heavy atom. The van der Waals surface area contributed by atoms with Gasteiger partial charge >= 0.3 is 0 Å². The van der Waals surface area contributed by atoms with Gasteiger partial charge in [0.2, 0.25) is 0 Å². The normalized spacial score (nSPS) is 28.7. The minimum absolute atomic E-state index is 0.0501. The SMILES string of the molecule is O=C(NC1CC2C=CC1C2)c1c(F)cccc1Cl. The van der Waals surface area contributed by atoms with Gasteiger partial charge in [0.15, 0.2) is 0 Å². The highest BCUT2D eigenvalue weighted by Gasteiger charge is 2.36. The number of nitrogens with one attached hydrogen (secondary N) is 1. The van der Waals surface area contributed by atoms with Crippen LogP contribution in [0.25, 0.3) is 0 Å². The van der Waals surface area contributed by atoms with Gasteiger partial charge in [-0.15, -0.1) is 0 Å². The standard InChI is InChI=1S/C14H13ClFNO/c15-10-2-1-3-11(16)13(10)14(18)17-12-7-8-4-5-9(12)6-8/h1-5,8-9,12H,6-7H2,(H,17,18). The molecule has 2 bridgehead atoms. The smallest absolute Gasteiger partial charge is 0.256 e. The summed E-state index contributed by atoms with van der Waals surface area (Å²) in [6.45, 7) is 0. The summed E-state index contributed by atoms with van der Waals surface area (Å²) >= 11 is 5.87. The lowest BCUT2D eigenvalue weighted by molar-refractivity contribution is 0.0927. The van der Waals surface area contributed by atoms with Crippen LogP contribution in [0, 0.1) is 17.7 Å². The van der Waals surface area contributed by atoms with Crippen LogP contribution < -0.4 is 5.32 Å². The lowest BCUT2D eigenvalue weighted by Gasteiger charge is -2.20. The summed E-state index contributed by atoms with van der Waals surface area (Å²) < 4.78 is 13.6. The minimum Gasteiger partial charge on any atom is -0.349 e. The van der Waals surface area contributed by atoms with Gasteiger partial charge in [0.25, 0.3) is 5.91 Å². The molecule has 94 valence electrons. The van der Waals surface area contributed by atoms with Crippen molar-refractivity contribution in [2.75, 3.05) is 0 Å². The second-order valence-corrected chi connectivity index (χ2v) is 5.36. The largest absolute Gasteiger partial charge is 0.349 e. The molecule has 2 nitrogen and oxygen atoms in total. The number of carbonyl (C=O) groups excluding carboxylic acids is 1. The van der Waals surface area contributed by atoms with Crippen molar-refractivity contribution in [1.82, 2.24) is 5.32 Å². The third-order valence-corrected chi connectivity index (χ3v) is 4.10. The van der Waals surface area contributed by atoms with Crippen LogP contribution >= 0.6 is 11.6 Å². The molecule has 18 heavy (non-hydrogen) atoms. The van der Waals surface area contributed by atoms with Crippen LogP contribution in [0.1, 0.15) is 23.2 Å². The van der Waals surface area contributed by atoms with Gasteiger partial charge in [0, 0.05) is 6.04 Å². The van der Waals surface area contributed by atoms with Gasteiger partial charge in [0.05, 0.1) is 10.6 Å². The van der Waals surface area contributed by atoms with Gasteiger partial charge in [0.1, 0.15) is 5.82 Å². The molecule has 1 aromatic carbocycles. The molecule has 0 heterocycles. The monoisotopic (exact) mass is 265 g/mol. The summed E-state index contributed by atoms with van der Waals surface area (Å²) in [6.07, 6.45) is 6.38. The fourth-order valence-corrected chi connectivity index (χ4v) is 3.15. The summed E-state index contributed by atoms with van der Waals surface area (Å²) in [5.41, 5.74) is -0.0501. The maximum atomic E-state index is 13.6. The molecule has 3 unspecified atom stereocenters. The summed E-state index contributed by atoms with van der Waals surface area (Å²) in [5.74, 6) is -0.0244. The Bertz CT molecular complexity index is 508. The van der Waals surface area contributed by atoms with Crippen molar-refractivity contribution in [3.63, 3.8) is 0 Å². The summed E-state index contributed by atoms with van der Waals surface area (Å²) in [6, 6.07) is 4.39. The summed E-state index contributed by atoms with van der Waals surface area (Å²) in [5, 5.41) is 3.05. The molecule has 0 saturated heterocycles. The van der Waals surface area contributed by atoms with E-state index in [0.717, 1.165) is 12.8 Å². The molecular formula is C14H13ClFNO. The number of fused-ring (bicyclic) bond motifs is 2. The van der Waals surface area contributed by atoms with E-state index in [4.69, 9.17) is 11.6 Å². The minimum atomic E-state index is -0.571. The molecule has 1 aromatic rings. The fourth-order valence-electron chi connectivity index (χ4n) is 2.90. The lowest BCUT2D eigenvalue weighted by atomic mass is 10.0. The maximum absolute atomic E-state index is 13.6. The molecule has 3 atom stereocenters. The Labute approximate surface area is 110 Å². The van der Waals surface area contributed by atoms with Crippen molar-refractivity contribution in [3.8, 4) is 0 Å². The van der Waals surface area contributed by atoms with E-state index in [1.165, 1.54) is 18.2 Å². The number of halogens is 2. The molecule has 2 aliphatic carbocycles. The Morgan fingerprint density at radius 1 is 1.33 bits per heavy atom. The first-order valence-electron chi connectivity index (χ1n) is 6.08. The first-order valence-corrected chi connectivity index (χ1v) is 6.46. The Kier molecular flexibility index (Phi) is 2.86. The summed E-state index contributed by atoms with van der Waals surface area (Å²) in [7, 11) is 0. The number of hydrogen-bond donors (Lipinski definition) is 1. The first kappa shape index (κ1) is 11.7. The average molecular weight is 266 g/mol. The van der Waals surface area contributed by atoms with Crippen LogP contribution in [0.2, 0.25) is 5.02 Å². The van der Waals surface area contributed by atoms with Crippen LogP contribution in [0.4, 0.5) is 4.39 Å². The molecule has 1 N–H and O–H groups in total. The predicted molar refractivity (Wildman–Crippen MR) is 68.0 cm³/mol. The number of benzene rings is 1. The molecule has 0 radical (unpaired) electrons. The number of carbonyl (C=O) groups is 1. The zero-order valence-electron chi connectivity index (χ0n) is 9.70. The molecule has 0 spiro atoms. The van der Waals surface area contributed by atoms with Crippen LogP contribution in [0.3, 0.4) is 0 Å². The third kappa shape index (κ3) is 1.93. The second kappa shape index (κ2) is 4.39. The average Bonchev–Trinajstić information content (AvgIpc) is 2.90. The summed E-state index contributed by atoms with van der Waals surface area (Å²) in [4.78, 5) is 12.1. The number of allylic oxidation sites excluding steroid dienone is 1. The van der Waals surface area contributed by atoms with Crippen LogP contribution in [0.5, 0.6) is 0 Å². The highest BCUT2D eigenvalue weighted by molar-refractivity contribution is 6.33. The molecule has 2 aliphatic rings. The quantitative estimate of drug-likeness (QED) is 0.818. The van der Waals surface area contributed by atoms with E-state index in [0.29, 0.717) is 11.8 Å². The lowest BCUT2D eigenvalue weighted by Crippen LogP contribution is -2.38. The molecule has 4 heteroatoms. The highest BCUT2D eigenvalue weighted by atomic mass is 35.5. The maximum Gasteiger partial charge on any atom is 0.256 e. The predicted octanol–water partition coefficient (Wildman–Crippen LogP) is 3.17. The number of amides is 1. The molecular weight excluding hydrogens is 253 g/mol. The van der Waals surface area contributed by atoms with E-state index >= 15 is 0 Å². The second-order valence-electron chi connectivity index (χ2n) is 4.96. The van der Waals surface area contributed by atoms with Crippen molar-refractivity contribution in [1.29, 1.82) is 0 Å². The number of hydrogen-bond acceptors (Lipinski definition) is 1. The molecule has 0 aromatic heterocycles. The van der Waals surface area contributed by atoms with Gasteiger partial charge in [-0.05, 0) is 36.8 Å². The van der Waals surface area contributed by atoms with Gasteiger partial charge < -0.3 is 5.32 Å². The van der Waals surface area contributed by atoms with Crippen LogP contribution in [0.15, 0.2) is 30.4 Å². The van der Waals surface area contributed by atoms with E-state index in [-0.39, 0.29) is 16.6 Å². The van der Waals surface area contributed by atoms with Crippen molar-refractivity contribution in [2.45, 2.75) is 18.9 Å². The van der Waals surface area contributed by atoms with E-state index in [1.54, 1.807) is 0 Å². The van der Waals surface area contributed by atoms with E-state index in [2.05, 4.69) is 17.5 Å². The van der Waals surface area contributed by atoms with E-state index in [1.807, 2.05) is 0 Å². The van der Waals surface area contributed by atoms with Gasteiger partial charge in [-0.2, -0.15) is 0 Å². The fraction of sp³-hybridized carbons (Fsp3) is 0.357. The highest BCUT2D eigenvalue weighted by Crippen LogP contribution is 2.39. The Balaban J connectivity index is 1.78. The molecule has 1 saturated carbocycles. The molecule has 1 amide bonds. The zero-order valence-corrected chi connectivity index (χ0v) is 10.5. The first-order chi connectivity index (χ1) is 8.65. The van der Waals surface area contributed by atoms with Gasteiger partial charge in [-0.1, -0.05) is 29.8 Å². The molecule has 0 aliphatic heterocycles. The van der Waals surface area contributed by atoms with Crippen molar-refractivity contribution < 1.29 is 9.18 Å². The molecule has 1 fully saturated rings. The van der Waals surface area contributed by atoms with E-state index < -0.39 is 11.7 Å². The van der Waals surface area contributed by atoms with Crippen molar-refractivity contribution in [3.05, 3.63) is 46.8 Å². The van der Waals surface area contributed by atoms with Crippen molar-refractivity contribution in [2.24, 2.45) is 11.8 Å². The third-order valence-electron chi connectivity index (χ3n) is 3.79. The van der Waals surface area contributed by atoms with Crippen LogP contribution in [-0.2, 0) is 0 Å². The number of rotatable bonds is 2. The van der Waals surface area contributed by atoms with E-state index in [9.17, 15) is 9.18 Å². The molecule has 3 rings (SSSR count). The zero-order chi connectivity index (χ0) is 12.7. The van der Waals surface area contributed by atoms with Gasteiger partial charge in [-0.25, -0.2) is 4.39 Å². The van der Waals surface area contributed by atoms with Crippen LogP contribution in [-0.4, -0.2) is 11.9 Å². The van der Waals surface area contributed by atoms with Crippen molar-refractivity contribution >= 4 is 17.5 Å². The topological polar surface area (TPSA) is 29.1 Å².